The van der Waals surface area contributed by atoms with Crippen LogP contribution in [0.5, 0.6) is 0 Å². The van der Waals surface area contributed by atoms with Crippen LogP contribution in [0.25, 0.3) is 6.08 Å². The first-order valence-corrected chi connectivity index (χ1v) is 7.36. The van der Waals surface area contributed by atoms with Crippen molar-refractivity contribution in [3.8, 4) is 0 Å². The van der Waals surface area contributed by atoms with Crippen LogP contribution in [-0.4, -0.2) is 24.2 Å². The molecule has 1 saturated heterocycles. The predicted octanol–water partition coefficient (Wildman–Crippen LogP) is 3.72. The second-order valence-corrected chi connectivity index (χ2v) is 5.61. The summed E-state index contributed by atoms with van der Waals surface area (Å²) in [6.07, 6.45) is 6.68. The standard InChI is InChI=1S/C17H23NO2/c1-3-4-15-9-10-18(12-15)16-7-5-14(11-13(16)2)6-8-17(19)20/h5-8,11,15H,3-4,9-10,12H2,1-2H3,(H,19,20)/b8-6+. The van der Waals surface area contributed by atoms with Gasteiger partial charge in [0.1, 0.15) is 0 Å². The Morgan fingerprint density at radius 2 is 2.30 bits per heavy atom. The predicted molar refractivity (Wildman–Crippen MR) is 83.1 cm³/mol. The Morgan fingerprint density at radius 3 is 2.95 bits per heavy atom. The Morgan fingerprint density at radius 1 is 1.50 bits per heavy atom. The molecule has 1 N–H and O–H groups in total. The van der Waals surface area contributed by atoms with Crippen molar-refractivity contribution in [3.05, 3.63) is 35.4 Å². The zero-order valence-corrected chi connectivity index (χ0v) is 12.3. The molecule has 1 fully saturated rings. The van der Waals surface area contributed by atoms with Crippen molar-refractivity contribution < 1.29 is 9.90 Å². The van der Waals surface area contributed by atoms with Gasteiger partial charge in [-0.15, -0.1) is 0 Å². The van der Waals surface area contributed by atoms with Crippen molar-refractivity contribution in [2.24, 2.45) is 5.92 Å². The minimum atomic E-state index is -0.909. The minimum Gasteiger partial charge on any atom is -0.478 e. The molecule has 0 aromatic heterocycles. The van der Waals surface area contributed by atoms with Gasteiger partial charge in [0.15, 0.2) is 0 Å². The summed E-state index contributed by atoms with van der Waals surface area (Å²) in [6, 6.07) is 6.17. The molecule has 1 heterocycles. The zero-order chi connectivity index (χ0) is 14.5. The van der Waals surface area contributed by atoms with Crippen molar-refractivity contribution in [1.82, 2.24) is 0 Å². The fourth-order valence-corrected chi connectivity index (χ4v) is 3.00. The van der Waals surface area contributed by atoms with Gasteiger partial charge in [-0.2, -0.15) is 0 Å². The highest BCUT2D eigenvalue weighted by Crippen LogP contribution is 2.29. The van der Waals surface area contributed by atoms with E-state index < -0.39 is 5.97 Å². The molecule has 0 saturated carbocycles. The van der Waals surface area contributed by atoms with Gasteiger partial charge in [0.05, 0.1) is 0 Å². The first kappa shape index (κ1) is 14.6. The molecular formula is C17H23NO2. The lowest BCUT2D eigenvalue weighted by Crippen LogP contribution is -2.20. The third-order valence-electron chi connectivity index (χ3n) is 3.96. The number of carboxylic acids is 1. The summed E-state index contributed by atoms with van der Waals surface area (Å²) in [6.45, 7) is 6.63. The van der Waals surface area contributed by atoms with Gasteiger partial charge in [-0.1, -0.05) is 19.4 Å². The number of benzene rings is 1. The summed E-state index contributed by atoms with van der Waals surface area (Å²) in [5, 5.41) is 8.66. The zero-order valence-electron chi connectivity index (χ0n) is 12.3. The molecule has 2 rings (SSSR count). The average Bonchev–Trinajstić information content (AvgIpc) is 2.85. The lowest BCUT2D eigenvalue weighted by molar-refractivity contribution is -0.131. The van der Waals surface area contributed by atoms with Gasteiger partial charge in [0.2, 0.25) is 0 Å². The molecule has 1 aromatic carbocycles. The van der Waals surface area contributed by atoms with E-state index >= 15 is 0 Å². The maximum Gasteiger partial charge on any atom is 0.328 e. The Bertz CT molecular complexity index is 508. The van der Waals surface area contributed by atoms with Crippen LogP contribution in [0.15, 0.2) is 24.3 Å². The largest absolute Gasteiger partial charge is 0.478 e. The fourth-order valence-electron chi connectivity index (χ4n) is 3.00. The second-order valence-electron chi connectivity index (χ2n) is 5.61. The van der Waals surface area contributed by atoms with E-state index in [4.69, 9.17) is 5.11 Å². The van der Waals surface area contributed by atoms with Crippen molar-refractivity contribution in [2.45, 2.75) is 33.1 Å². The third kappa shape index (κ3) is 3.62. The minimum absolute atomic E-state index is 0.825. The van der Waals surface area contributed by atoms with Crippen LogP contribution < -0.4 is 4.90 Å². The van der Waals surface area contributed by atoms with Crippen molar-refractivity contribution >= 4 is 17.7 Å². The molecule has 1 unspecified atom stereocenters. The van der Waals surface area contributed by atoms with Gasteiger partial charge in [-0.3, -0.25) is 0 Å². The van der Waals surface area contributed by atoms with Gasteiger partial charge >= 0.3 is 5.97 Å². The number of hydrogen-bond donors (Lipinski definition) is 1. The van der Waals surface area contributed by atoms with Gasteiger partial charge in [-0.25, -0.2) is 4.79 Å². The molecule has 3 heteroatoms. The van der Waals surface area contributed by atoms with Crippen molar-refractivity contribution in [1.29, 1.82) is 0 Å². The highest BCUT2D eigenvalue weighted by Gasteiger charge is 2.22. The Balaban J connectivity index is 2.08. The summed E-state index contributed by atoms with van der Waals surface area (Å²) < 4.78 is 0. The van der Waals surface area contributed by atoms with E-state index in [1.165, 1.54) is 36.6 Å². The quantitative estimate of drug-likeness (QED) is 0.831. The first-order chi connectivity index (χ1) is 9.60. The topological polar surface area (TPSA) is 40.5 Å². The number of rotatable bonds is 5. The van der Waals surface area contributed by atoms with Gasteiger partial charge < -0.3 is 10.0 Å². The van der Waals surface area contributed by atoms with Crippen LogP contribution >= 0.6 is 0 Å². The molecule has 0 amide bonds. The van der Waals surface area contributed by atoms with E-state index in [0.717, 1.165) is 24.6 Å². The maximum absolute atomic E-state index is 10.5. The molecule has 1 aromatic rings. The highest BCUT2D eigenvalue weighted by molar-refractivity contribution is 5.85. The monoisotopic (exact) mass is 273 g/mol. The highest BCUT2D eigenvalue weighted by atomic mass is 16.4. The molecule has 1 aliphatic heterocycles. The molecule has 1 atom stereocenters. The average molecular weight is 273 g/mol. The van der Waals surface area contributed by atoms with Crippen LogP contribution in [0.4, 0.5) is 5.69 Å². The van der Waals surface area contributed by atoms with Gasteiger partial charge in [0, 0.05) is 24.9 Å². The molecule has 0 bridgehead atoms. The molecule has 3 nitrogen and oxygen atoms in total. The van der Waals surface area contributed by atoms with E-state index in [0.29, 0.717) is 0 Å². The second kappa shape index (κ2) is 6.60. The lowest BCUT2D eigenvalue weighted by atomic mass is 10.0. The van der Waals surface area contributed by atoms with E-state index in [2.05, 4.69) is 30.9 Å². The fraction of sp³-hybridized carbons (Fsp3) is 0.471. The van der Waals surface area contributed by atoms with Crippen LogP contribution in [-0.2, 0) is 4.79 Å². The van der Waals surface area contributed by atoms with Crippen LogP contribution in [0.1, 0.15) is 37.3 Å². The van der Waals surface area contributed by atoms with E-state index in [1.54, 1.807) is 6.08 Å². The summed E-state index contributed by atoms with van der Waals surface area (Å²) >= 11 is 0. The summed E-state index contributed by atoms with van der Waals surface area (Å²) in [4.78, 5) is 13.0. The smallest absolute Gasteiger partial charge is 0.328 e. The molecule has 0 aliphatic carbocycles. The normalized spacial score (nSPS) is 18.9. The van der Waals surface area contributed by atoms with Crippen molar-refractivity contribution in [3.63, 3.8) is 0 Å². The molecule has 20 heavy (non-hydrogen) atoms. The molecule has 108 valence electrons. The summed E-state index contributed by atoms with van der Waals surface area (Å²) in [5.41, 5.74) is 3.45. The number of carboxylic acid groups (broad SMARTS) is 1. The SMILES string of the molecule is CCCC1CCN(c2ccc(/C=C/C(=O)O)cc2C)C1. The van der Waals surface area contributed by atoms with E-state index in [9.17, 15) is 4.79 Å². The Hall–Kier alpha value is -1.77. The van der Waals surface area contributed by atoms with Gasteiger partial charge in [0.25, 0.3) is 0 Å². The molecule has 0 radical (unpaired) electrons. The number of anilines is 1. The molecule has 1 aliphatic rings. The van der Waals surface area contributed by atoms with E-state index in [1.807, 2.05) is 6.07 Å². The number of carbonyl (C=O) groups is 1. The Labute approximate surface area is 120 Å². The summed E-state index contributed by atoms with van der Waals surface area (Å²) in [7, 11) is 0. The van der Waals surface area contributed by atoms with Crippen molar-refractivity contribution in [2.75, 3.05) is 18.0 Å². The maximum atomic E-state index is 10.5. The first-order valence-electron chi connectivity index (χ1n) is 7.36. The number of hydrogen-bond acceptors (Lipinski definition) is 2. The molecular weight excluding hydrogens is 250 g/mol. The van der Waals surface area contributed by atoms with Crippen LogP contribution in [0, 0.1) is 12.8 Å². The van der Waals surface area contributed by atoms with Crippen LogP contribution in [0.2, 0.25) is 0 Å². The van der Waals surface area contributed by atoms with E-state index in [-0.39, 0.29) is 0 Å². The van der Waals surface area contributed by atoms with Gasteiger partial charge in [-0.05, 0) is 55.0 Å². The lowest BCUT2D eigenvalue weighted by Gasteiger charge is -2.21. The number of nitrogens with zero attached hydrogens (tertiary/aromatic N) is 1. The number of aliphatic carboxylic acids is 1. The van der Waals surface area contributed by atoms with Crippen LogP contribution in [0.3, 0.4) is 0 Å². The number of aryl methyl sites for hydroxylation is 1. The summed E-state index contributed by atoms with van der Waals surface area (Å²) in [5.74, 6) is -0.0836. The third-order valence-corrected chi connectivity index (χ3v) is 3.96. The Kier molecular flexibility index (Phi) is 4.83. The molecule has 0 spiro atoms.